The van der Waals surface area contributed by atoms with E-state index in [9.17, 15) is 19.7 Å². The molecule has 0 aliphatic heterocycles. The summed E-state index contributed by atoms with van der Waals surface area (Å²) in [6.07, 6.45) is 1.40. The van der Waals surface area contributed by atoms with Crippen molar-refractivity contribution in [3.8, 4) is 11.5 Å². The maximum atomic E-state index is 12.4. The molecule has 0 saturated carbocycles. The Bertz CT molecular complexity index is 1320. The Morgan fingerprint density at radius 1 is 1.11 bits per heavy atom. The standard InChI is InChI=1S/C25H23BrN4O6/c1-15-4-9-21(16(2)10-15)28-23(31)14-36-24-20(26)11-17(12-22(24)35-3)13-27-29-25(32)18-5-7-19(8-6-18)30(33)34/h4-13H,14H2,1-3H3,(H,28,31)(H,29,32)/b27-13+. The third-order valence-electron chi connectivity index (χ3n) is 4.98. The molecule has 36 heavy (non-hydrogen) atoms. The Morgan fingerprint density at radius 3 is 2.47 bits per heavy atom. The molecule has 2 amide bonds. The molecule has 2 N–H and O–H groups in total. The fraction of sp³-hybridized carbons (Fsp3) is 0.160. The number of amides is 2. The van der Waals surface area contributed by atoms with Crippen LogP contribution in [0.3, 0.4) is 0 Å². The molecular formula is C25H23BrN4O6. The molecule has 0 aliphatic rings. The Hall–Kier alpha value is -4.25. The molecule has 0 heterocycles. The van der Waals surface area contributed by atoms with Crippen LogP contribution >= 0.6 is 15.9 Å². The number of anilines is 1. The highest BCUT2D eigenvalue weighted by molar-refractivity contribution is 9.10. The van der Waals surface area contributed by atoms with Gasteiger partial charge in [0.2, 0.25) is 0 Å². The molecule has 0 spiro atoms. The lowest BCUT2D eigenvalue weighted by atomic mass is 10.1. The van der Waals surface area contributed by atoms with Crippen LogP contribution in [0.15, 0.2) is 64.2 Å². The highest BCUT2D eigenvalue weighted by atomic mass is 79.9. The van der Waals surface area contributed by atoms with Crippen molar-refractivity contribution in [1.29, 1.82) is 0 Å². The number of hydrogen-bond donors (Lipinski definition) is 2. The lowest BCUT2D eigenvalue weighted by Crippen LogP contribution is -2.21. The number of halogens is 1. The Labute approximate surface area is 215 Å². The van der Waals surface area contributed by atoms with Gasteiger partial charge in [0.05, 0.1) is 22.7 Å². The molecule has 186 valence electrons. The normalized spacial score (nSPS) is 10.7. The number of hydrazone groups is 1. The average Bonchev–Trinajstić information content (AvgIpc) is 2.84. The Kier molecular flexibility index (Phi) is 8.74. The van der Waals surface area contributed by atoms with Gasteiger partial charge in [-0.15, -0.1) is 0 Å². The van der Waals surface area contributed by atoms with E-state index in [2.05, 4.69) is 31.8 Å². The maximum absolute atomic E-state index is 12.4. The lowest BCUT2D eigenvalue weighted by molar-refractivity contribution is -0.384. The summed E-state index contributed by atoms with van der Waals surface area (Å²) in [6, 6.07) is 14.2. The fourth-order valence-corrected chi connectivity index (χ4v) is 3.77. The zero-order valence-electron chi connectivity index (χ0n) is 19.7. The first-order valence-electron chi connectivity index (χ1n) is 10.6. The van der Waals surface area contributed by atoms with Crippen molar-refractivity contribution in [3.05, 3.63) is 91.4 Å². The lowest BCUT2D eigenvalue weighted by Gasteiger charge is -2.14. The number of carbonyl (C=O) groups is 2. The van der Waals surface area contributed by atoms with Gasteiger partial charge in [-0.1, -0.05) is 17.7 Å². The van der Waals surface area contributed by atoms with Crippen LogP contribution in [0.5, 0.6) is 11.5 Å². The summed E-state index contributed by atoms with van der Waals surface area (Å²) < 4.78 is 11.6. The van der Waals surface area contributed by atoms with Crippen LogP contribution < -0.4 is 20.2 Å². The van der Waals surface area contributed by atoms with Crippen molar-refractivity contribution in [2.75, 3.05) is 19.0 Å². The summed E-state index contributed by atoms with van der Waals surface area (Å²) in [5, 5.41) is 17.5. The number of rotatable bonds is 9. The topological polar surface area (TPSA) is 132 Å². The minimum absolute atomic E-state index is 0.114. The van der Waals surface area contributed by atoms with E-state index in [1.165, 1.54) is 37.6 Å². The van der Waals surface area contributed by atoms with Crippen LogP contribution in [0.2, 0.25) is 0 Å². The maximum Gasteiger partial charge on any atom is 0.271 e. The summed E-state index contributed by atoms with van der Waals surface area (Å²) in [7, 11) is 1.46. The number of nitro benzene ring substituents is 1. The summed E-state index contributed by atoms with van der Waals surface area (Å²) in [5.74, 6) is -0.162. The molecule has 0 atom stereocenters. The smallest absolute Gasteiger partial charge is 0.271 e. The third-order valence-corrected chi connectivity index (χ3v) is 5.56. The summed E-state index contributed by atoms with van der Waals surface area (Å²) in [6.45, 7) is 3.66. The van der Waals surface area contributed by atoms with Crippen LogP contribution in [0, 0.1) is 24.0 Å². The first kappa shape index (κ1) is 26.4. The van der Waals surface area contributed by atoms with Crippen molar-refractivity contribution in [3.63, 3.8) is 0 Å². The minimum Gasteiger partial charge on any atom is -0.493 e. The van der Waals surface area contributed by atoms with Gasteiger partial charge in [0.1, 0.15) is 0 Å². The van der Waals surface area contributed by atoms with Crippen LogP contribution in [0.4, 0.5) is 11.4 Å². The zero-order valence-corrected chi connectivity index (χ0v) is 21.3. The van der Waals surface area contributed by atoms with Gasteiger partial charge in [0.15, 0.2) is 18.1 Å². The summed E-state index contributed by atoms with van der Waals surface area (Å²) in [5.41, 5.74) is 5.81. The number of methoxy groups -OCH3 is 1. The molecule has 0 fully saturated rings. The Morgan fingerprint density at radius 2 is 1.83 bits per heavy atom. The molecule has 0 unspecified atom stereocenters. The van der Waals surface area contributed by atoms with Crippen molar-refractivity contribution in [2.24, 2.45) is 5.10 Å². The molecular weight excluding hydrogens is 532 g/mol. The van der Waals surface area contributed by atoms with Crippen molar-refractivity contribution < 1.29 is 24.0 Å². The van der Waals surface area contributed by atoms with Crippen LogP contribution in [-0.2, 0) is 4.79 Å². The van der Waals surface area contributed by atoms with E-state index in [0.717, 1.165) is 11.1 Å². The van der Waals surface area contributed by atoms with Gasteiger partial charge >= 0.3 is 0 Å². The second-order valence-electron chi connectivity index (χ2n) is 7.69. The van der Waals surface area contributed by atoms with Gasteiger partial charge in [-0.05, 0) is 71.2 Å². The van der Waals surface area contributed by atoms with Crippen LogP contribution in [0.1, 0.15) is 27.0 Å². The van der Waals surface area contributed by atoms with Gasteiger partial charge < -0.3 is 14.8 Å². The van der Waals surface area contributed by atoms with Gasteiger partial charge in [0.25, 0.3) is 17.5 Å². The van der Waals surface area contributed by atoms with E-state index in [1.807, 2.05) is 32.0 Å². The summed E-state index contributed by atoms with van der Waals surface area (Å²) >= 11 is 3.41. The first-order chi connectivity index (χ1) is 17.2. The van der Waals surface area contributed by atoms with E-state index in [0.29, 0.717) is 27.2 Å². The number of nitro groups is 1. The second-order valence-corrected chi connectivity index (χ2v) is 8.55. The monoisotopic (exact) mass is 554 g/mol. The van der Waals surface area contributed by atoms with Gasteiger partial charge in [-0.25, -0.2) is 5.43 Å². The predicted molar refractivity (Wildman–Crippen MR) is 139 cm³/mol. The molecule has 3 aromatic carbocycles. The van der Waals surface area contributed by atoms with E-state index < -0.39 is 10.8 Å². The van der Waals surface area contributed by atoms with E-state index in [1.54, 1.807) is 12.1 Å². The molecule has 0 saturated heterocycles. The van der Waals surface area contributed by atoms with Crippen molar-refractivity contribution in [2.45, 2.75) is 13.8 Å². The molecule has 3 aromatic rings. The van der Waals surface area contributed by atoms with Gasteiger partial charge in [-0.3, -0.25) is 19.7 Å². The van der Waals surface area contributed by atoms with Crippen molar-refractivity contribution in [1.82, 2.24) is 5.43 Å². The SMILES string of the molecule is COc1cc(/C=N/NC(=O)c2ccc([N+](=O)[O-])cc2)cc(Br)c1OCC(=O)Nc1ccc(C)cc1C. The number of hydrogen-bond acceptors (Lipinski definition) is 7. The molecule has 3 rings (SSSR count). The number of non-ortho nitro benzene ring substituents is 1. The zero-order chi connectivity index (χ0) is 26.2. The van der Waals surface area contributed by atoms with E-state index >= 15 is 0 Å². The second kappa shape index (κ2) is 11.9. The summed E-state index contributed by atoms with van der Waals surface area (Å²) in [4.78, 5) is 34.8. The molecule has 11 heteroatoms. The minimum atomic E-state index is -0.546. The molecule has 0 aromatic heterocycles. The van der Waals surface area contributed by atoms with E-state index in [4.69, 9.17) is 9.47 Å². The van der Waals surface area contributed by atoms with Crippen molar-refractivity contribution >= 4 is 45.3 Å². The largest absolute Gasteiger partial charge is 0.493 e. The van der Waals surface area contributed by atoms with E-state index in [-0.39, 0.29) is 23.8 Å². The predicted octanol–water partition coefficient (Wildman–Crippen LogP) is 4.76. The highest BCUT2D eigenvalue weighted by Gasteiger charge is 2.14. The number of nitrogens with zero attached hydrogens (tertiary/aromatic N) is 2. The van der Waals surface area contributed by atoms with Crippen LogP contribution in [-0.4, -0.2) is 36.7 Å². The number of nitrogens with one attached hydrogen (secondary N) is 2. The quantitative estimate of drug-likeness (QED) is 0.222. The number of benzene rings is 3. The molecule has 0 radical (unpaired) electrons. The number of carbonyl (C=O) groups excluding carboxylic acids is 2. The molecule has 0 aliphatic carbocycles. The van der Waals surface area contributed by atoms with Crippen LogP contribution in [0.25, 0.3) is 0 Å². The first-order valence-corrected chi connectivity index (χ1v) is 11.4. The molecule has 0 bridgehead atoms. The molecule has 10 nitrogen and oxygen atoms in total. The average molecular weight is 555 g/mol. The Balaban J connectivity index is 1.62. The number of aryl methyl sites for hydroxylation is 2. The highest BCUT2D eigenvalue weighted by Crippen LogP contribution is 2.36. The number of ether oxygens (including phenoxy) is 2. The fourth-order valence-electron chi connectivity index (χ4n) is 3.20. The van der Waals surface area contributed by atoms with Gasteiger partial charge in [0, 0.05) is 23.4 Å². The third kappa shape index (κ3) is 6.89. The van der Waals surface area contributed by atoms with Gasteiger partial charge in [-0.2, -0.15) is 5.10 Å².